The molecule has 0 spiro atoms. The molecular weight excluding hydrogens is 627 g/mol. The number of nitrogens with one attached hydrogen (secondary N) is 3. The van der Waals surface area contributed by atoms with Crippen LogP contribution >= 0.6 is 0 Å². The summed E-state index contributed by atoms with van der Waals surface area (Å²) >= 11 is 0. The van der Waals surface area contributed by atoms with Crippen LogP contribution in [0.15, 0.2) is 30.5 Å². The van der Waals surface area contributed by atoms with E-state index in [2.05, 4.69) is 39.8 Å². The van der Waals surface area contributed by atoms with E-state index >= 15 is 4.39 Å². The fourth-order valence-electron chi connectivity index (χ4n) is 7.04. The second-order valence-corrected chi connectivity index (χ2v) is 14.4. The van der Waals surface area contributed by atoms with Crippen LogP contribution in [-0.2, 0) is 16.1 Å². The minimum Gasteiger partial charge on any atom is -0.339 e. The second-order valence-electron chi connectivity index (χ2n) is 14.4. The maximum absolute atomic E-state index is 15.8. The Bertz CT molecular complexity index is 1500. The summed E-state index contributed by atoms with van der Waals surface area (Å²) in [6.45, 7) is 10.2. The third-order valence-corrected chi connectivity index (χ3v) is 10.9. The maximum Gasteiger partial charge on any atom is 0.318 e. The molecule has 12 nitrogen and oxygen atoms in total. The second kappa shape index (κ2) is 15.7. The lowest BCUT2D eigenvalue weighted by Crippen LogP contribution is -2.59. The van der Waals surface area contributed by atoms with Crippen LogP contribution in [0.4, 0.5) is 14.9 Å². The lowest BCUT2D eigenvalue weighted by molar-refractivity contribution is -0.136. The molecule has 1 saturated heterocycles. The van der Waals surface area contributed by atoms with Crippen LogP contribution in [0.1, 0.15) is 88.2 Å². The number of urea groups is 1. The molecule has 49 heavy (non-hydrogen) atoms. The van der Waals surface area contributed by atoms with Gasteiger partial charge in [-0.15, -0.1) is 0 Å². The highest BCUT2D eigenvalue weighted by molar-refractivity contribution is 6.00. The Morgan fingerprint density at radius 2 is 1.73 bits per heavy atom. The van der Waals surface area contributed by atoms with E-state index in [1.165, 1.54) is 12.1 Å². The molecule has 5 rings (SSSR count). The van der Waals surface area contributed by atoms with Crippen LogP contribution in [0, 0.1) is 17.7 Å². The number of carbonyl (C=O) groups is 4. The zero-order chi connectivity index (χ0) is 35.4. The first-order valence-electron chi connectivity index (χ1n) is 17.8. The fraction of sp³-hybridized carbons (Fsp3) is 0.639. The molecule has 3 fully saturated rings. The first-order valence-corrected chi connectivity index (χ1v) is 17.8. The van der Waals surface area contributed by atoms with E-state index < -0.39 is 35.6 Å². The average molecular weight is 681 g/mol. The lowest BCUT2D eigenvalue weighted by Gasteiger charge is -2.40. The Morgan fingerprint density at radius 3 is 2.37 bits per heavy atom. The molecule has 0 radical (unpaired) electrons. The summed E-state index contributed by atoms with van der Waals surface area (Å²) < 4.78 is 17.4. The molecule has 2 saturated carbocycles. The number of hydrogen-bond donors (Lipinski definition) is 3. The van der Waals surface area contributed by atoms with E-state index in [0.29, 0.717) is 36.8 Å². The molecule has 3 N–H and O–H groups in total. The predicted octanol–water partition coefficient (Wildman–Crippen LogP) is 4.04. The van der Waals surface area contributed by atoms with Crippen molar-refractivity contribution in [2.24, 2.45) is 11.8 Å². The smallest absolute Gasteiger partial charge is 0.318 e. The monoisotopic (exact) mass is 680 g/mol. The summed E-state index contributed by atoms with van der Waals surface area (Å²) in [7, 11) is 3.76. The number of hydrogen-bond acceptors (Lipinski definition) is 6. The normalized spacial score (nSPS) is 23.2. The summed E-state index contributed by atoms with van der Waals surface area (Å²) in [5.41, 5.74) is 0.861. The molecule has 1 aliphatic heterocycles. The summed E-state index contributed by atoms with van der Waals surface area (Å²) in [5.74, 6) is -1.86. The molecule has 2 aromatic rings. The van der Waals surface area contributed by atoms with Gasteiger partial charge in [0.05, 0.1) is 5.69 Å². The van der Waals surface area contributed by atoms with Gasteiger partial charge in [-0.1, -0.05) is 32.8 Å². The van der Waals surface area contributed by atoms with Gasteiger partial charge in [0, 0.05) is 57.4 Å². The third-order valence-electron chi connectivity index (χ3n) is 10.9. The number of anilines is 1. The van der Waals surface area contributed by atoms with Crippen LogP contribution in [0.25, 0.3) is 0 Å². The minimum absolute atomic E-state index is 0.0174. The molecule has 268 valence electrons. The van der Waals surface area contributed by atoms with Gasteiger partial charge in [-0.2, -0.15) is 5.10 Å². The maximum atomic E-state index is 15.8. The number of rotatable bonds is 11. The molecule has 1 aromatic carbocycles. The molecule has 0 bridgehead atoms. The van der Waals surface area contributed by atoms with Crippen LogP contribution in [0.2, 0.25) is 0 Å². The predicted molar refractivity (Wildman–Crippen MR) is 185 cm³/mol. The average Bonchev–Trinajstić information content (AvgIpc) is 3.83. The summed E-state index contributed by atoms with van der Waals surface area (Å²) in [5, 5.41) is 12.8. The van der Waals surface area contributed by atoms with Gasteiger partial charge in [0.25, 0.3) is 5.91 Å². The van der Waals surface area contributed by atoms with Crippen LogP contribution in [0.3, 0.4) is 0 Å². The van der Waals surface area contributed by atoms with Crippen molar-refractivity contribution in [2.45, 2.75) is 103 Å². The highest BCUT2D eigenvalue weighted by Gasteiger charge is 2.38. The van der Waals surface area contributed by atoms with Crippen LogP contribution in [-0.4, -0.2) is 106 Å². The van der Waals surface area contributed by atoms with Gasteiger partial charge in [0.2, 0.25) is 11.8 Å². The van der Waals surface area contributed by atoms with Crippen molar-refractivity contribution in [1.82, 2.24) is 35.1 Å². The highest BCUT2D eigenvalue weighted by Crippen LogP contribution is 2.32. The molecule has 3 aliphatic rings. The minimum atomic E-state index is -0.908. The first-order chi connectivity index (χ1) is 23.4. The van der Waals surface area contributed by atoms with Crippen molar-refractivity contribution in [3.05, 3.63) is 47.5 Å². The molecule has 1 aromatic heterocycles. The van der Waals surface area contributed by atoms with Crippen molar-refractivity contribution in [2.75, 3.05) is 39.0 Å². The van der Waals surface area contributed by atoms with Gasteiger partial charge in [-0.05, 0) is 82.2 Å². The van der Waals surface area contributed by atoms with Gasteiger partial charge in [-0.25, -0.2) is 9.18 Å². The van der Waals surface area contributed by atoms with Gasteiger partial charge >= 0.3 is 6.03 Å². The van der Waals surface area contributed by atoms with E-state index in [4.69, 9.17) is 0 Å². The molecule has 4 atom stereocenters. The van der Waals surface area contributed by atoms with Crippen LogP contribution < -0.4 is 16.0 Å². The lowest BCUT2D eigenvalue weighted by atomic mass is 9.79. The Balaban J connectivity index is 1.33. The van der Waals surface area contributed by atoms with E-state index in [1.54, 1.807) is 39.9 Å². The van der Waals surface area contributed by atoms with Gasteiger partial charge in [0.1, 0.15) is 23.6 Å². The summed E-state index contributed by atoms with van der Waals surface area (Å²) in [6.07, 6.45) is 6.84. The zero-order valence-electron chi connectivity index (χ0n) is 29.7. The number of aromatic nitrogens is 2. The van der Waals surface area contributed by atoms with Crippen molar-refractivity contribution in [3.63, 3.8) is 0 Å². The molecule has 13 heteroatoms. The number of aryl methyl sites for hydroxylation is 1. The Hall–Kier alpha value is -4.00. The van der Waals surface area contributed by atoms with Crippen molar-refractivity contribution >= 4 is 29.4 Å². The Kier molecular flexibility index (Phi) is 11.6. The number of piperazine rings is 1. The SMILES string of the molecule is CCn1nccc1C(=O)N[C@H](C(=O)Nc1ccc([C@H](C)[C@@H](NC(=O)N(C)C2CC2)C(=O)N2CCN(C)[C@H](C)C2)cc1F)C1CCC(C)CC1. The highest BCUT2D eigenvalue weighted by atomic mass is 19.1. The number of carbonyl (C=O) groups excluding carboxylic acids is 4. The van der Waals surface area contributed by atoms with Gasteiger partial charge in [-0.3, -0.25) is 19.1 Å². The van der Waals surface area contributed by atoms with E-state index in [-0.39, 0.29) is 35.6 Å². The third kappa shape index (κ3) is 8.60. The quantitative estimate of drug-likeness (QED) is 0.329. The molecular formula is C36H53FN8O4. The number of amides is 5. The fourth-order valence-corrected chi connectivity index (χ4v) is 7.04. The number of likely N-dealkylation sites (N-methyl/N-ethyl adjacent to an activating group) is 1. The molecule has 2 heterocycles. The first kappa shape index (κ1) is 36.3. The summed E-state index contributed by atoms with van der Waals surface area (Å²) in [4.78, 5) is 59.8. The Morgan fingerprint density at radius 1 is 1.02 bits per heavy atom. The topological polar surface area (TPSA) is 132 Å². The number of halogens is 1. The van der Waals surface area contributed by atoms with Crippen molar-refractivity contribution in [3.8, 4) is 0 Å². The molecule has 0 unspecified atom stereocenters. The molecule has 5 amide bonds. The summed E-state index contributed by atoms with van der Waals surface area (Å²) in [6, 6.07) is 4.34. The van der Waals surface area contributed by atoms with E-state index in [1.807, 2.05) is 20.9 Å². The van der Waals surface area contributed by atoms with Gasteiger partial charge in [0.15, 0.2) is 0 Å². The van der Waals surface area contributed by atoms with Gasteiger partial charge < -0.3 is 30.7 Å². The van der Waals surface area contributed by atoms with E-state index in [9.17, 15) is 19.2 Å². The zero-order valence-corrected chi connectivity index (χ0v) is 29.7. The standard InChI is InChI=1S/C36H53FN8O4/c1-7-45-30(16-17-38-45)33(46)40-32(25-10-8-22(2)9-11-25)34(47)39-29-15-12-26(20-28(29)37)24(4)31(41-36(49)43(6)27-13-14-27)35(48)44-19-18-42(5)23(3)21-44/h12,15-17,20,22-25,27,31-32H,7-11,13-14,18-19,21H2,1-6H3,(H,39,47)(H,40,46)(H,41,49)/t22?,23-,24+,25?,31-,32+/m1/s1. The number of benzene rings is 1. The largest absolute Gasteiger partial charge is 0.339 e. The molecule has 2 aliphatic carbocycles. The van der Waals surface area contributed by atoms with E-state index in [0.717, 1.165) is 45.1 Å². The van der Waals surface area contributed by atoms with Crippen LogP contribution in [0.5, 0.6) is 0 Å². The van der Waals surface area contributed by atoms with Crippen molar-refractivity contribution < 1.29 is 23.6 Å². The number of nitrogens with zero attached hydrogens (tertiary/aromatic N) is 5. The Labute approximate surface area is 289 Å². The van der Waals surface area contributed by atoms with Crippen molar-refractivity contribution in [1.29, 1.82) is 0 Å².